The Morgan fingerprint density at radius 2 is 1.83 bits per heavy atom. The molecule has 36 heavy (non-hydrogen) atoms. The Kier molecular flexibility index (Phi) is 10.4. The van der Waals surface area contributed by atoms with Crippen LogP contribution in [0.3, 0.4) is 0 Å². The minimum Gasteiger partial charge on any atom is -0.493 e. The van der Waals surface area contributed by atoms with Gasteiger partial charge >= 0.3 is 0 Å². The largest absolute Gasteiger partial charge is 0.493 e. The fraction of sp³-hybridized carbons (Fsp3) is 0.536. The normalized spacial score (nSPS) is 16.7. The van der Waals surface area contributed by atoms with E-state index >= 15 is 0 Å². The van der Waals surface area contributed by atoms with Crippen LogP contribution in [0.5, 0.6) is 5.75 Å². The van der Waals surface area contributed by atoms with Gasteiger partial charge in [-0.05, 0) is 107 Å². The van der Waals surface area contributed by atoms with E-state index in [0.717, 1.165) is 79.2 Å². The SMILES string of the molecule is CN(C)Cc1c(OCC2CC2)ccc2c(CCC3CCN(Cc4cccc(F)c4)CC3)noc12.Cl.Cl. The molecular formula is C28H38Cl2FN3O2. The molecule has 0 N–H and O–H groups in total. The van der Waals surface area contributed by atoms with Crippen LogP contribution in [-0.2, 0) is 19.5 Å². The van der Waals surface area contributed by atoms with Crippen LogP contribution in [0, 0.1) is 17.7 Å². The standard InChI is InChI=1S/C28H36FN3O2.2ClH/c1-31(2)18-25-27(33-19-21-6-7-21)11-9-24-26(30-34-28(24)25)10-8-20-12-14-32(15-13-20)17-22-4-3-5-23(29)16-22;;/h3-5,9,11,16,20-21H,6-8,10,12-15,17-19H2,1-2H3;2*1H. The van der Waals surface area contributed by atoms with Crippen molar-refractivity contribution in [3.05, 3.63) is 59.0 Å². The highest BCUT2D eigenvalue weighted by atomic mass is 35.5. The number of aromatic nitrogens is 1. The second-order valence-corrected chi connectivity index (χ2v) is 10.4. The average Bonchev–Trinajstić information content (AvgIpc) is 3.56. The van der Waals surface area contributed by atoms with Gasteiger partial charge in [0.2, 0.25) is 0 Å². The summed E-state index contributed by atoms with van der Waals surface area (Å²) < 4.78 is 25.5. The molecule has 2 fully saturated rings. The summed E-state index contributed by atoms with van der Waals surface area (Å²) in [4.78, 5) is 4.59. The summed E-state index contributed by atoms with van der Waals surface area (Å²) in [6.07, 6.45) is 6.97. The smallest absolute Gasteiger partial charge is 0.175 e. The van der Waals surface area contributed by atoms with Crippen LogP contribution in [0.15, 0.2) is 40.9 Å². The number of benzene rings is 2. The number of rotatable bonds is 10. The molecule has 0 spiro atoms. The van der Waals surface area contributed by atoms with Crippen LogP contribution in [0.1, 0.15) is 48.9 Å². The van der Waals surface area contributed by atoms with Crippen molar-refractivity contribution in [2.24, 2.45) is 11.8 Å². The first-order chi connectivity index (χ1) is 16.5. The van der Waals surface area contributed by atoms with Gasteiger partial charge in [-0.3, -0.25) is 4.90 Å². The second-order valence-electron chi connectivity index (χ2n) is 10.4. The lowest BCUT2D eigenvalue weighted by Gasteiger charge is -2.32. The summed E-state index contributed by atoms with van der Waals surface area (Å²) in [6, 6.07) is 11.2. The van der Waals surface area contributed by atoms with Crippen LogP contribution in [0.25, 0.3) is 11.0 Å². The van der Waals surface area contributed by atoms with Crippen LogP contribution in [0.2, 0.25) is 0 Å². The first kappa shape index (κ1) is 28.7. The highest BCUT2D eigenvalue weighted by Gasteiger charge is 2.24. The molecule has 1 saturated carbocycles. The van der Waals surface area contributed by atoms with Crippen molar-refractivity contribution in [2.45, 2.75) is 51.6 Å². The molecule has 0 unspecified atom stereocenters. The van der Waals surface area contributed by atoms with Crippen molar-refractivity contribution < 1.29 is 13.7 Å². The first-order valence-electron chi connectivity index (χ1n) is 12.7. The molecule has 0 atom stereocenters. The Hall–Kier alpha value is -1.86. The summed E-state index contributed by atoms with van der Waals surface area (Å²) in [5.41, 5.74) is 4.10. The predicted molar refractivity (Wildman–Crippen MR) is 147 cm³/mol. The van der Waals surface area contributed by atoms with E-state index in [-0.39, 0.29) is 30.6 Å². The molecule has 3 aromatic rings. The lowest BCUT2D eigenvalue weighted by atomic mass is 9.91. The van der Waals surface area contributed by atoms with Gasteiger partial charge in [-0.1, -0.05) is 17.3 Å². The van der Waals surface area contributed by atoms with Crippen molar-refractivity contribution in [3.8, 4) is 5.75 Å². The molecule has 0 bridgehead atoms. The van der Waals surface area contributed by atoms with Gasteiger partial charge in [-0.15, -0.1) is 24.8 Å². The Labute approximate surface area is 226 Å². The minimum absolute atomic E-state index is 0. The maximum atomic E-state index is 13.5. The molecule has 5 nitrogen and oxygen atoms in total. The van der Waals surface area contributed by atoms with Crippen molar-refractivity contribution in [2.75, 3.05) is 33.8 Å². The fourth-order valence-corrected chi connectivity index (χ4v) is 5.03. The Morgan fingerprint density at radius 1 is 1.06 bits per heavy atom. The van der Waals surface area contributed by atoms with Crippen molar-refractivity contribution in [1.29, 1.82) is 0 Å². The van der Waals surface area contributed by atoms with Crippen molar-refractivity contribution >= 4 is 35.8 Å². The number of aryl methyl sites for hydroxylation is 1. The molecule has 2 aliphatic rings. The Morgan fingerprint density at radius 3 is 2.53 bits per heavy atom. The Balaban J connectivity index is 0.00000180. The second kappa shape index (κ2) is 13.1. The van der Waals surface area contributed by atoms with Crippen LogP contribution in [-0.4, -0.2) is 48.7 Å². The van der Waals surface area contributed by atoms with Crippen molar-refractivity contribution in [1.82, 2.24) is 15.0 Å². The van der Waals surface area contributed by atoms with Crippen LogP contribution in [0.4, 0.5) is 4.39 Å². The molecule has 2 aromatic carbocycles. The number of piperidine rings is 1. The Bertz CT molecular complexity index is 1110. The number of nitrogens with zero attached hydrogens (tertiary/aromatic N) is 3. The van der Waals surface area contributed by atoms with E-state index in [1.165, 1.54) is 31.7 Å². The van der Waals surface area contributed by atoms with Gasteiger partial charge in [0.1, 0.15) is 11.6 Å². The van der Waals surface area contributed by atoms with E-state index in [1.54, 1.807) is 12.1 Å². The highest BCUT2D eigenvalue weighted by Crippen LogP contribution is 2.35. The van der Waals surface area contributed by atoms with E-state index in [4.69, 9.17) is 9.26 Å². The van der Waals surface area contributed by atoms with Gasteiger partial charge in [0.05, 0.1) is 17.9 Å². The quantitative estimate of drug-likeness (QED) is 0.295. The fourth-order valence-electron chi connectivity index (χ4n) is 5.03. The summed E-state index contributed by atoms with van der Waals surface area (Å²) in [6.45, 7) is 4.53. The molecule has 1 aromatic heterocycles. The van der Waals surface area contributed by atoms with Crippen LogP contribution < -0.4 is 4.74 Å². The number of hydrogen-bond donors (Lipinski definition) is 0. The first-order valence-corrected chi connectivity index (χ1v) is 12.7. The highest BCUT2D eigenvalue weighted by molar-refractivity contribution is 5.86. The predicted octanol–water partition coefficient (Wildman–Crippen LogP) is 6.51. The third kappa shape index (κ3) is 7.34. The average molecular weight is 539 g/mol. The minimum atomic E-state index is -0.150. The summed E-state index contributed by atoms with van der Waals surface area (Å²) in [5.74, 6) is 2.19. The molecule has 1 saturated heterocycles. The summed E-state index contributed by atoms with van der Waals surface area (Å²) in [7, 11) is 4.14. The third-order valence-corrected chi connectivity index (χ3v) is 7.21. The zero-order valence-electron chi connectivity index (χ0n) is 21.2. The molecule has 1 aliphatic heterocycles. The molecule has 1 aliphatic carbocycles. The topological polar surface area (TPSA) is 41.7 Å². The van der Waals surface area contributed by atoms with Gasteiger partial charge in [-0.25, -0.2) is 4.39 Å². The number of likely N-dealkylation sites (tertiary alicyclic amines) is 1. The maximum absolute atomic E-state index is 13.5. The molecule has 8 heteroatoms. The number of ether oxygens (including phenoxy) is 1. The van der Waals surface area contributed by atoms with Gasteiger partial charge in [0.15, 0.2) is 5.58 Å². The molecule has 2 heterocycles. The van der Waals surface area contributed by atoms with Crippen molar-refractivity contribution in [3.63, 3.8) is 0 Å². The lowest BCUT2D eigenvalue weighted by Crippen LogP contribution is -2.33. The molecule has 198 valence electrons. The van der Waals surface area contributed by atoms with E-state index in [0.29, 0.717) is 11.8 Å². The molecule has 5 rings (SSSR count). The molecule has 0 radical (unpaired) electrons. The van der Waals surface area contributed by atoms with E-state index in [2.05, 4.69) is 41.2 Å². The van der Waals surface area contributed by atoms with E-state index in [1.807, 2.05) is 6.07 Å². The number of hydrogen-bond acceptors (Lipinski definition) is 5. The van der Waals surface area contributed by atoms with Gasteiger partial charge < -0.3 is 14.2 Å². The zero-order chi connectivity index (χ0) is 23.5. The number of halogens is 3. The zero-order valence-corrected chi connectivity index (χ0v) is 22.9. The third-order valence-electron chi connectivity index (χ3n) is 7.21. The maximum Gasteiger partial charge on any atom is 0.175 e. The van der Waals surface area contributed by atoms with Gasteiger partial charge in [0, 0.05) is 18.5 Å². The van der Waals surface area contributed by atoms with Gasteiger partial charge in [-0.2, -0.15) is 0 Å². The summed E-state index contributed by atoms with van der Waals surface area (Å²) >= 11 is 0. The summed E-state index contributed by atoms with van der Waals surface area (Å²) in [5, 5.41) is 5.60. The number of fused-ring (bicyclic) bond motifs is 1. The van der Waals surface area contributed by atoms with Crippen LogP contribution >= 0.6 is 24.8 Å². The van der Waals surface area contributed by atoms with E-state index < -0.39 is 0 Å². The monoisotopic (exact) mass is 537 g/mol. The molecule has 0 amide bonds. The van der Waals surface area contributed by atoms with Gasteiger partial charge in [0.25, 0.3) is 0 Å². The van der Waals surface area contributed by atoms with E-state index in [9.17, 15) is 4.39 Å². The lowest BCUT2D eigenvalue weighted by molar-refractivity contribution is 0.172. The molecular weight excluding hydrogens is 500 g/mol.